The van der Waals surface area contributed by atoms with Crippen molar-refractivity contribution in [3.63, 3.8) is 0 Å². The second-order valence-corrected chi connectivity index (χ2v) is 4.35. The smallest absolute Gasteiger partial charge is 0.310 e. The Bertz CT molecular complexity index is 270. The summed E-state index contributed by atoms with van der Waals surface area (Å²) < 4.78 is 9.80. The van der Waals surface area contributed by atoms with Crippen LogP contribution in [0.3, 0.4) is 0 Å². The van der Waals surface area contributed by atoms with Gasteiger partial charge < -0.3 is 19.5 Å². The zero-order valence-corrected chi connectivity index (χ0v) is 12.1. The highest BCUT2D eigenvalue weighted by Gasteiger charge is 2.20. The van der Waals surface area contributed by atoms with E-state index in [-0.39, 0.29) is 31.0 Å². The van der Waals surface area contributed by atoms with E-state index in [0.717, 1.165) is 6.42 Å². The summed E-state index contributed by atoms with van der Waals surface area (Å²) in [5, 5.41) is 8.61. The number of hydrogen-bond donors (Lipinski definition) is 1. The Morgan fingerprint density at radius 3 is 2.53 bits per heavy atom. The van der Waals surface area contributed by atoms with Crippen molar-refractivity contribution in [1.29, 1.82) is 0 Å². The fraction of sp³-hybridized carbons (Fsp3) is 0.846. The Hall–Kier alpha value is -1.14. The van der Waals surface area contributed by atoms with Crippen molar-refractivity contribution < 1.29 is 24.2 Å². The van der Waals surface area contributed by atoms with Crippen molar-refractivity contribution in [3.05, 3.63) is 0 Å². The monoisotopic (exact) mass is 275 g/mol. The van der Waals surface area contributed by atoms with Crippen LogP contribution in [0.25, 0.3) is 0 Å². The average Bonchev–Trinajstić information content (AvgIpc) is 2.41. The Morgan fingerprint density at radius 2 is 2.00 bits per heavy atom. The topological polar surface area (TPSA) is 76.1 Å². The quantitative estimate of drug-likeness (QED) is 0.462. The number of nitrogens with zero attached hydrogens (tertiary/aromatic N) is 1. The van der Waals surface area contributed by atoms with Crippen LogP contribution in [0.1, 0.15) is 26.7 Å². The van der Waals surface area contributed by atoms with E-state index >= 15 is 0 Å². The number of carbonyl (C=O) groups excluding carboxylic acids is 2. The third-order valence-corrected chi connectivity index (χ3v) is 2.66. The van der Waals surface area contributed by atoms with Gasteiger partial charge >= 0.3 is 5.97 Å². The first-order valence-electron chi connectivity index (χ1n) is 6.61. The number of esters is 1. The van der Waals surface area contributed by atoms with Crippen LogP contribution in [0.4, 0.5) is 0 Å². The Kier molecular flexibility index (Phi) is 10.1. The van der Waals surface area contributed by atoms with Crippen molar-refractivity contribution in [1.82, 2.24) is 4.90 Å². The van der Waals surface area contributed by atoms with Crippen LogP contribution in [0.2, 0.25) is 0 Å². The molecule has 0 aromatic heterocycles. The van der Waals surface area contributed by atoms with Gasteiger partial charge in [0.15, 0.2) is 0 Å². The Morgan fingerprint density at radius 1 is 1.32 bits per heavy atom. The number of methoxy groups -OCH3 is 1. The summed E-state index contributed by atoms with van der Waals surface area (Å²) in [6.07, 6.45) is 1.22. The van der Waals surface area contributed by atoms with Gasteiger partial charge in [-0.15, -0.1) is 0 Å². The number of aliphatic hydroxyl groups is 1. The van der Waals surface area contributed by atoms with E-state index in [4.69, 9.17) is 9.84 Å². The molecular formula is C13H25NO5. The van der Waals surface area contributed by atoms with Gasteiger partial charge in [-0.05, 0) is 6.42 Å². The Labute approximate surface area is 114 Å². The molecule has 19 heavy (non-hydrogen) atoms. The zero-order chi connectivity index (χ0) is 14.7. The zero-order valence-electron chi connectivity index (χ0n) is 12.1. The van der Waals surface area contributed by atoms with Crippen LogP contribution >= 0.6 is 0 Å². The first-order valence-corrected chi connectivity index (χ1v) is 6.61. The molecule has 0 fully saturated rings. The molecule has 0 radical (unpaired) electrons. The molecule has 0 saturated carbocycles. The van der Waals surface area contributed by atoms with Crippen LogP contribution in [0.5, 0.6) is 0 Å². The molecule has 1 amide bonds. The summed E-state index contributed by atoms with van der Waals surface area (Å²) in [7, 11) is 1.33. The van der Waals surface area contributed by atoms with E-state index in [1.54, 1.807) is 11.8 Å². The summed E-state index contributed by atoms with van der Waals surface area (Å²) in [5.74, 6) is -0.680. The molecule has 6 heteroatoms. The molecule has 6 nitrogen and oxygen atoms in total. The van der Waals surface area contributed by atoms with Crippen LogP contribution in [0.15, 0.2) is 0 Å². The largest absolute Gasteiger partial charge is 0.469 e. The van der Waals surface area contributed by atoms with E-state index in [9.17, 15) is 9.59 Å². The lowest BCUT2D eigenvalue weighted by atomic mass is 10.1. The van der Waals surface area contributed by atoms with Gasteiger partial charge in [0.2, 0.25) is 5.91 Å². The van der Waals surface area contributed by atoms with Gasteiger partial charge in [-0.25, -0.2) is 0 Å². The third kappa shape index (κ3) is 7.79. The number of ether oxygens (including phenoxy) is 2. The van der Waals surface area contributed by atoms with E-state index < -0.39 is 0 Å². The molecule has 0 aliphatic carbocycles. The van der Waals surface area contributed by atoms with Crippen LogP contribution in [-0.4, -0.2) is 61.9 Å². The fourth-order valence-electron chi connectivity index (χ4n) is 1.64. The summed E-state index contributed by atoms with van der Waals surface area (Å²) in [6, 6.07) is 0. The van der Waals surface area contributed by atoms with Crippen molar-refractivity contribution >= 4 is 11.9 Å². The SMILES string of the molecule is CCCC(=O)N(CCOCCO)CC(C)C(=O)OC. The van der Waals surface area contributed by atoms with Gasteiger partial charge in [0.25, 0.3) is 0 Å². The molecule has 0 rings (SSSR count). The molecule has 1 N–H and O–H groups in total. The first kappa shape index (κ1) is 17.9. The molecule has 0 aromatic carbocycles. The molecule has 112 valence electrons. The number of aliphatic hydroxyl groups excluding tert-OH is 1. The highest BCUT2D eigenvalue weighted by atomic mass is 16.5. The Balaban J connectivity index is 4.32. The number of carbonyl (C=O) groups is 2. The minimum absolute atomic E-state index is 0.00542. The molecule has 0 aliphatic rings. The van der Waals surface area contributed by atoms with Crippen molar-refractivity contribution in [3.8, 4) is 0 Å². The van der Waals surface area contributed by atoms with Crippen molar-refractivity contribution in [2.75, 3.05) is 40.0 Å². The minimum Gasteiger partial charge on any atom is -0.469 e. The lowest BCUT2D eigenvalue weighted by Crippen LogP contribution is -2.39. The number of amides is 1. The molecule has 0 aliphatic heterocycles. The van der Waals surface area contributed by atoms with E-state index in [1.165, 1.54) is 7.11 Å². The van der Waals surface area contributed by atoms with Gasteiger partial charge in [0, 0.05) is 19.5 Å². The molecular weight excluding hydrogens is 250 g/mol. The fourth-order valence-corrected chi connectivity index (χ4v) is 1.64. The maximum absolute atomic E-state index is 11.9. The van der Waals surface area contributed by atoms with Gasteiger partial charge in [-0.2, -0.15) is 0 Å². The van der Waals surface area contributed by atoms with Crippen molar-refractivity contribution in [2.45, 2.75) is 26.7 Å². The van der Waals surface area contributed by atoms with E-state index in [2.05, 4.69) is 4.74 Å². The van der Waals surface area contributed by atoms with Gasteiger partial charge in [-0.3, -0.25) is 9.59 Å². The highest BCUT2D eigenvalue weighted by molar-refractivity contribution is 5.77. The third-order valence-electron chi connectivity index (χ3n) is 2.66. The maximum atomic E-state index is 11.9. The van der Waals surface area contributed by atoms with Crippen LogP contribution < -0.4 is 0 Å². The van der Waals surface area contributed by atoms with Gasteiger partial charge in [0.05, 0.1) is 32.8 Å². The second kappa shape index (κ2) is 10.8. The predicted octanol–water partition coefficient (Wildman–Crippen LogP) is 0.433. The number of hydrogen-bond acceptors (Lipinski definition) is 5. The van der Waals surface area contributed by atoms with Crippen LogP contribution in [0, 0.1) is 5.92 Å². The van der Waals surface area contributed by atoms with Gasteiger partial charge in [-0.1, -0.05) is 13.8 Å². The standard InChI is InChI=1S/C13H25NO5/c1-4-5-12(16)14(6-8-19-9-7-15)10-11(2)13(17)18-3/h11,15H,4-10H2,1-3H3. The lowest BCUT2D eigenvalue weighted by Gasteiger charge is -2.25. The summed E-state index contributed by atoms with van der Waals surface area (Å²) in [4.78, 5) is 24.9. The lowest BCUT2D eigenvalue weighted by molar-refractivity contribution is -0.146. The predicted molar refractivity (Wildman–Crippen MR) is 70.6 cm³/mol. The normalized spacial score (nSPS) is 12.0. The molecule has 1 atom stereocenters. The molecule has 0 heterocycles. The maximum Gasteiger partial charge on any atom is 0.310 e. The van der Waals surface area contributed by atoms with Crippen LogP contribution in [-0.2, 0) is 19.1 Å². The summed E-state index contributed by atoms with van der Waals surface area (Å²) >= 11 is 0. The molecule has 0 saturated heterocycles. The molecule has 0 aromatic rings. The molecule has 0 spiro atoms. The van der Waals surface area contributed by atoms with E-state index in [1.807, 2.05) is 6.92 Å². The molecule has 1 unspecified atom stereocenters. The molecule has 0 bridgehead atoms. The summed E-state index contributed by atoms with van der Waals surface area (Å²) in [6.45, 7) is 4.97. The highest BCUT2D eigenvalue weighted by Crippen LogP contribution is 2.05. The second-order valence-electron chi connectivity index (χ2n) is 4.35. The summed E-state index contributed by atoms with van der Waals surface area (Å²) in [5.41, 5.74) is 0. The van der Waals surface area contributed by atoms with E-state index in [0.29, 0.717) is 26.1 Å². The van der Waals surface area contributed by atoms with Crippen molar-refractivity contribution in [2.24, 2.45) is 5.92 Å². The first-order chi connectivity index (χ1) is 9.06. The average molecular weight is 275 g/mol. The number of rotatable bonds is 10. The minimum atomic E-state index is -0.358. The van der Waals surface area contributed by atoms with Gasteiger partial charge in [0.1, 0.15) is 0 Å².